The predicted molar refractivity (Wildman–Crippen MR) is 83.6 cm³/mol. The van der Waals surface area contributed by atoms with E-state index in [0.717, 1.165) is 16.3 Å². The molecule has 1 N–H and O–H groups in total. The summed E-state index contributed by atoms with van der Waals surface area (Å²) in [5, 5.41) is 5.90. The molecule has 1 aromatic heterocycles. The fraction of sp³-hybridized carbons (Fsp3) is 0.250. The van der Waals surface area contributed by atoms with Crippen molar-refractivity contribution in [1.29, 1.82) is 0 Å². The molecule has 1 heterocycles. The maximum atomic E-state index is 11.9. The molecule has 0 radical (unpaired) electrons. The third-order valence-corrected chi connectivity index (χ3v) is 3.85. The molecule has 2 rings (SSSR count). The second kappa shape index (κ2) is 6.48. The normalized spacial score (nSPS) is 12.6. The fourth-order valence-electron chi connectivity index (χ4n) is 2.03. The standard InChI is InChI=1S/C16H18N2OS/c1-11-6-4-5-7-15(11)12(2)17-16(19)9-8-14-10-20-13(3)18-14/h4-10,12H,1-3H3,(H,17,19)/b9-8+. The second-order valence-corrected chi connectivity index (χ2v) is 5.77. The minimum absolute atomic E-state index is 0.00878. The summed E-state index contributed by atoms with van der Waals surface area (Å²) in [5.41, 5.74) is 3.14. The highest BCUT2D eigenvalue weighted by Crippen LogP contribution is 2.16. The summed E-state index contributed by atoms with van der Waals surface area (Å²) < 4.78 is 0. The summed E-state index contributed by atoms with van der Waals surface area (Å²) in [6.07, 6.45) is 3.27. The Labute approximate surface area is 123 Å². The van der Waals surface area contributed by atoms with E-state index in [0.29, 0.717) is 0 Å². The van der Waals surface area contributed by atoms with Gasteiger partial charge in [-0.15, -0.1) is 11.3 Å². The number of carbonyl (C=O) groups is 1. The summed E-state index contributed by atoms with van der Waals surface area (Å²) in [6.45, 7) is 5.98. The smallest absolute Gasteiger partial charge is 0.244 e. The van der Waals surface area contributed by atoms with Crippen molar-refractivity contribution < 1.29 is 4.79 Å². The van der Waals surface area contributed by atoms with Crippen molar-refractivity contribution in [2.45, 2.75) is 26.8 Å². The lowest BCUT2D eigenvalue weighted by atomic mass is 10.0. The zero-order chi connectivity index (χ0) is 14.5. The van der Waals surface area contributed by atoms with Crippen molar-refractivity contribution in [3.05, 3.63) is 57.6 Å². The molecule has 1 unspecified atom stereocenters. The van der Waals surface area contributed by atoms with Crippen molar-refractivity contribution in [3.63, 3.8) is 0 Å². The van der Waals surface area contributed by atoms with Gasteiger partial charge < -0.3 is 5.32 Å². The van der Waals surface area contributed by atoms with Crippen LogP contribution in [0.25, 0.3) is 6.08 Å². The lowest BCUT2D eigenvalue weighted by molar-refractivity contribution is -0.117. The molecule has 1 amide bonds. The molecular weight excluding hydrogens is 268 g/mol. The van der Waals surface area contributed by atoms with Gasteiger partial charge in [0.25, 0.3) is 0 Å². The molecule has 1 aromatic carbocycles. The first-order chi connectivity index (χ1) is 9.56. The van der Waals surface area contributed by atoms with Gasteiger partial charge in [-0.25, -0.2) is 4.98 Å². The van der Waals surface area contributed by atoms with Crippen molar-refractivity contribution in [2.24, 2.45) is 0 Å². The van der Waals surface area contributed by atoms with E-state index >= 15 is 0 Å². The van der Waals surface area contributed by atoms with Gasteiger partial charge in [-0.1, -0.05) is 24.3 Å². The molecule has 0 bridgehead atoms. The van der Waals surface area contributed by atoms with Gasteiger partial charge in [-0.05, 0) is 38.0 Å². The third kappa shape index (κ3) is 3.78. The van der Waals surface area contributed by atoms with Crippen molar-refractivity contribution >= 4 is 23.3 Å². The molecule has 0 saturated heterocycles. The van der Waals surface area contributed by atoms with Crippen LogP contribution in [0.5, 0.6) is 0 Å². The molecule has 0 aliphatic rings. The molecule has 4 heteroatoms. The SMILES string of the molecule is Cc1nc(/C=C/C(=O)NC(C)c2ccccc2C)cs1. The molecular formula is C16H18N2OS. The Kier molecular flexibility index (Phi) is 4.69. The van der Waals surface area contributed by atoms with Gasteiger partial charge in [0, 0.05) is 11.5 Å². The van der Waals surface area contributed by atoms with Gasteiger partial charge in [0.2, 0.25) is 5.91 Å². The van der Waals surface area contributed by atoms with Gasteiger partial charge in [0.1, 0.15) is 0 Å². The first kappa shape index (κ1) is 14.5. The number of aromatic nitrogens is 1. The van der Waals surface area contributed by atoms with E-state index in [-0.39, 0.29) is 11.9 Å². The van der Waals surface area contributed by atoms with Crippen LogP contribution in [0.3, 0.4) is 0 Å². The molecule has 1 atom stereocenters. The summed E-state index contributed by atoms with van der Waals surface area (Å²) in [5.74, 6) is -0.105. The van der Waals surface area contributed by atoms with E-state index in [1.165, 1.54) is 11.6 Å². The topological polar surface area (TPSA) is 42.0 Å². The van der Waals surface area contributed by atoms with Crippen LogP contribution in [0.1, 0.15) is 34.8 Å². The van der Waals surface area contributed by atoms with Gasteiger partial charge >= 0.3 is 0 Å². The number of carbonyl (C=O) groups excluding carboxylic acids is 1. The van der Waals surface area contributed by atoms with Gasteiger partial charge in [-0.2, -0.15) is 0 Å². The third-order valence-electron chi connectivity index (χ3n) is 3.06. The van der Waals surface area contributed by atoms with Crippen LogP contribution in [0, 0.1) is 13.8 Å². The Bertz CT molecular complexity index is 631. The van der Waals surface area contributed by atoms with Crippen molar-refractivity contribution in [3.8, 4) is 0 Å². The zero-order valence-electron chi connectivity index (χ0n) is 11.9. The number of thiazole rings is 1. The first-order valence-electron chi connectivity index (χ1n) is 6.52. The van der Waals surface area contributed by atoms with E-state index in [4.69, 9.17) is 0 Å². The average molecular weight is 286 g/mol. The average Bonchev–Trinajstić information content (AvgIpc) is 2.82. The van der Waals surface area contributed by atoms with Crippen molar-refractivity contribution in [1.82, 2.24) is 10.3 Å². The summed E-state index contributed by atoms with van der Waals surface area (Å²) in [6, 6.07) is 8.06. The van der Waals surface area contributed by atoms with Crippen LogP contribution in [0.15, 0.2) is 35.7 Å². The van der Waals surface area contributed by atoms with Gasteiger partial charge in [0.05, 0.1) is 16.7 Å². The molecule has 0 aliphatic carbocycles. The highest BCUT2D eigenvalue weighted by atomic mass is 32.1. The predicted octanol–water partition coefficient (Wildman–Crippen LogP) is 3.65. The van der Waals surface area contributed by atoms with Crippen LogP contribution >= 0.6 is 11.3 Å². The number of hydrogen-bond donors (Lipinski definition) is 1. The van der Waals surface area contributed by atoms with Crippen LogP contribution in [-0.2, 0) is 4.79 Å². The molecule has 0 aliphatic heterocycles. The molecule has 3 nitrogen and oxygen atoms in total. The zero-order valence-corrected chi connectivity index (χ0v) is 12.7. The van der Waals surface area contributed by atoms with E-state index in [1.54, 1.807) is 17.4 Å². The monoisotopic (exact) mass is 286 g/mol. The molecule has 0 saturated carbocycles. The maximum absolute atomic E-state index is 11.9. The largest absolute Gasteiger partial charge is 0.346 e. The van der Waals surface area contributed by atoms with Crippen LogP contribution < -0.4 is 5.32 Å². The fourth-order valence-corrected chi connectivity index (χ4v) is 2.61. The number of nitrogens with zero attached hydrogens (tertiary/aromatic N) is 1. The molecule has 0 fully saturated rings. The Balaban J connectivity index is 1.98. The number of nitrogens with one attached hydrogen (secondary N) is 1. The van der Waals surface area contributed by atoms with Crippen LogP contribution in [0.2, 0.25) is 0 Å². The second-order valence-electron chi connectivity index (χ2n) is 4.71. The number of amides is 1. The minimum Gasteiger partial charge on any atom is -0.346 e. The highest BCUT2D eigenvalue weighted by molar-refractivity contribution is 7.09. The van der Waals surface area contributed by atoms with E-state index in [1.807, 2.05) is 50.4 Å². The highest BCUT2D eigenvalue weighted by Gasteiger charge is 2.09. The number of rotatable bonds is 4. The number of aryl methyl sites for hydroxylation is 2. The van der Waals surface area contributed by atoms with E-state index in [9.17, 15) is 4.79 Å². The van der Waals surface area contributed by atoms with E-state index in [2.05, 4.69) is 10.3 Å². The Morgan fingerprint density at radius 3 is 2.75 bits per heavy atom. The quantitative estimate of drug-likeness (QED) is 0.872. The summed E-state index contributed by atoms with van der Waals surface area (Å²) >= 11 is 1.57. The van der Waals surface area contributed by atoms with E-state index < -0.39 is 0 Å². The Morgan fingerprint density at radius 2 is 2.10 bits per heavy atom. The minimum atomic E-state index is -0.105. The van der Waals surface area contributed by atoms with Gasteiger partial charge in [0.15, 0.2) is 0 Å². The van der Waals surface area contributed by atoms with Crippen LogP contribution in [0.4, 0.5) is 0 Å². The number of hydrogen-bond acceptors (Lipinski definition) is 3. The lowest BCUT2D eigenvalue weighted by Gasteiger charge is -2.15. The number of benzene rings is 1. The Morgan fingerprint density at radius 1 is 1.35 bits per heavy atom. The summed E-state index contributed by atoms with van der Waals surface area (Å²) in [4.78, 5) is 16.2. The molecule has 104 valence electrons. The van der Waals surface area contributed by atoms with Crippen LogP contribution in [-0.4, -0.2) is 10.9 Å². The Hall–Kier alpha value is -1.94. The maximum Gasteiger partial charge on any atom is 0.244 e. The molecule has 20 heavy (non-hydrogen) atoms. The summed E-state index contributed by atoms with van der Waals surface area (Å²) in [7, 11) is 0. The molecule has 2 aromatic rings. The van der Waals surface area contributed by atoms with Crippen molar-refractivity contribution in [2.75, 3.05) is 0 Å². The lowest BCUT2D eigenvalue weighted by Crippen LogP contribution is -2.25. The van der Waals surface area contributed by atoms with Gasteiger partial charge in [-0.3, -0.25) is 4.79 Å². The first-order valence-corrected chi connectivity index (χ1v) is 7.40. The molecule has 0 spiro atoms.